The van der Waals surface area contributed by atoms with Crippen molar-refractivity contribution >= 4 is 17.2 Å². The zero-order chi connectivity index (χ0) is 16.5. The predicted molar refractivity (Wildman–Crippen MR) is 94.1 cm³/mol. The van der Waals surface area contributed by atoms with Crippen LogP contribution in [0.4, 0.5) is 0 Å². The zero-order valence-corrected chi connectivity index (χ0v) is 14.2. The number of carbonyl (C=O) groups is 1. The van der Waals surface area contributed by atoms with Gasteiger partial charge in [-0.15, -0.1) is 11.3 Å². The molecule has 3 aromatic rings. The lowest BCUT2D eigenvalue weighted by Crippen LogP contribution is -2.28. The smallest absolute Gasteiger partial charge is 0.263 e. The Morgan fingerprint density at radius 2 is 2.21 bits per heavy atom. The average molecular weight is 338 g/mol. The summed E-state index contributed by atoms with van der Waals surface area (Å²) in [6.07, 6.45) is 6.44. The van der Waals surface area contributed by atoms with Gasteiger partial charge in [0.1, 0.15) is 5.82 Å². The summed E-state index contributed by atoms with van der Waals surface area (Å²) in [7, 11) is 0. The highest BCUT2D eigenvalue weighted by Crippen LogP contribution is 2.30. The molecule has 4 heterocycles. The van der Waals surface area contributed by atoms with E-state index in [4.69, 9.17) is 0 Å². The number of pyridine rings is 1. The van der Waals surface area contributed by atoms with Gasteiger partial charge in [0.2, 0.25) is 0 Å². The first kappa shape index (κ1) is 15.1. The molecule has 1 aliphatic rings. The molecule has 0 bridgehead atoms. The van der Waals surface area contributed by atoms with Crippen molar-refractivity contribution in [3.63, 3.8) is 0 Å². The molecule has 1 atom stereocenters. The van der Waals surface area contributed by atoms with Crippen LogP contribution in [0.15, 0.2) is 48.2 Å². The minimum atomic E-state index is 0.133. The van der Waals surface area contributed by atoms with Gasteiger partial charge in [0.05, 0.1) is 10.9 Å². The second-order valence-electron chi connectivity index (χ2n) is 6.01. The minimum absolute atomic E-state index is 0.133. The van der Waals surface area contributed by atoms with Crippen molar-refractivity contribution in [3.8, 4) is 11.4 Å². The van der Waals surface area contributed by atoms with Gasteiger partial charge in [0.25, 0.3) is 5.91 Å². The first-order valence-corrected chi connectivity index (χ1v) is 8.89. The van der Waals surface area contributed by atoms with Gasteiger partial charge in [0, 0.05) is 42.9 Å². The van der Waals surface area contributed by atoms with Gasteiger partial charge >= 0.3 is 0 Å². The van der Waals surface area contributed by atoms with E-state index in [-0.39, 0.29) is 11.9 Å². The van der Waals surface area contributed by atoms with Gasteiger partial charge in [0.15, 0.2) is 0 Å². The summed E-state index contributed by atoms with van der Waals surface area (Å²) in [6.45, 7) is 3.57. The molecular formula is C18H18N4OS. The van der Waals surface area contributed by atoms with Gasteiger partial charge < -0.3 is 9.47 Å². The molecule has 24 heavy (non-hydrogen) atoms. The van der Waals surface area contributed by atoms with E-state index in [1.54, 1.807) is 6.20 Å². The second kappa shape index (κ2) is 6.20. The summed E-state index contributed by atoms with van der Waals surface area (Å²) in [5.41, 5.74) is 2.12. The highest BCUT2D eigenvalue weighted by atomic mass is 32.1. The second-order valence-corrected chi connectivity index (χ2v) is 6.95. The van der Waals surface area contributed by atoms with Gasteiger partial charge in [-0.1, -0.05) is 6.07 Å². The molecule has 4 rings (SSSR count). The molecular weight excluding hydrogens is 320 g/mol. The molecule has 5 nitrogen and oxygen atoms in total. The van der Waals surface area contributed by atoms with E-state index in [1.807, 2.05) is 46.9 Å². The molecule has 122 valence electrons. The van der Waals surface area contributed by atoms with Crippen LogP contribution < -0.4 is 0 Å². The van der Waals surface area contributed by atoms with Crippen molar-refractivity contribution in [1.29, 1.82) is 0 Å². The molecule has 1 unspecified atom stereocenters. The van der Waals surface area contributed by atoms with Crippen LogP contribution in [0.3, 0.4) is 0 Å². The van der Waals surface area contributed by atoms with E-state index in [0.29, 0.717) is 0 Å². The van der Waals surface area contributed by atoms with Gasteiger partial charge in [-0.05, 0) is 36.9 Å². The van der Waals surface area contributed by atoms with Crippen molar-refractivity contribution in [3.05, 3.63) is 58.8 Å². The number of hydrogen-bond acceptors (Lipinski definition) is 4. The molecule has 1 aliphatic heterocycles. The Labute approximate surface area is 144 Å². The summed E-state index contributed by atoms with van der Waals surface area (Å²) in [6, 6.07) is 8.02. The molecule has 0 saturated carbocycles. The first-order valence-electron chi connectivity index (χ1n) is 8.01. The maximum Gasteiger partial charge on any atom is 0.263 e. The van der Waals surface area contributed by atoms with E-state index < -0.39 is 0 Å². The highest BCUT2D eigenvalue weighted by Gasteiger charge is 2.30. The molecule has 0 aromatic carbocycles. The van der Waals surface area contributed by atoms with Crippen molar-refractivity contribution < 1.29 is 4.79 Å². The average Bonchev–Trinajstić information content (AvgIpc) is 3.35. The Kier molecular flexibility index (Phi) is 3.90. The van der Waals surface area contributed by atoms with E-state index in [2.05, 4.69) is 21.5 Å². The monoisotopic (exact) mass is 338 g/mol. The predicted octanol–water partition coefficient (Wildman–Crippen LogP) is 3.40. The Balaban J connectivity index is 1.60. The lowest BCUT2D eigenvalue weighted by atomic mass is 10.2. The number of likely N-dealkylation sites (tertiary alicyclic amines) is 1. The van der Waals surface area contributed by atoms with E-state index in [9.17, 15) is 4.79 Å². The number of aryl methyl sites for hydroxylation is 1. The molecule has 3 aromatic heterocycles. The number of hydrogen-bond donors (Lipinski definition) is 0. The van der Waals surface area contributed by atoms with Crippen molar-refractivity contribution in [1.82, 2.24) is 19.4 Å². The molecule has 0 N–H and O–H groups in total. The van der Waals surface area contributed by atoms with Crippen LogP contribution in [-0.4, -0.2) is 38.4 Å². The third-order valence-corrected chi connectivity index (χ3v) is 5.31. The van der Waals surface area contributed by atoms with E-state index in [0.717, 1.165) is 41.5 Å². The number of imidazole rings is 1. The quantitative estimate of drug-likeness (QED) is 0.735. The fourth-order valence-corrected chi connectivity index (χ4v) is 4.00. The van der Waals surface area contributed by atoms with Gasteiger partial charge in [-0.3, -0.25) is 9.78 Å². The number of amides is 1. The Morgan fingerprint density at radius 3 is 2.96 bits per heavy atom. The third kappa shape index (κ3) is 2.63. The van der Waals surface area contributed by atoms with Crippen LogP contribution >= 0.6 is 11.3 Å². The van der Waals surface area contributed by atoms with Crippen LogP contribution in [0.25, 0.3) is 11.4 Å². The van der Waals surface area contributed by atoms with Crippen LogP contribution in [0.5, 0.6) is 0 Å². The normalized spacial score (nSPS) is 17.4. The maximum absolute atomic E-state index is 12.6. The first-order chi connectivity index (χ1) is 11.7. The Hall–Kier alpha value is -2.47. The molecule has 1 saturated heterocycles. The van der Waals surface area contributed by atoms with Gasteiger partial charge in [-0.2, -0.15) is 0 Å². The van der Waals surface area contributed by atoms with Crippen LogP contribution in [0.1, 0.15) is 27.8 Å². The fourth-order valence-electron chi connectivity index (χ4n) is 3.31. The lowest BCUT2D eigenvalue weighted by molar-refractivity contribution is 0.0792. The number of nitrogens with zero attached hydrogens (tertiary/aromatic N) is 4. The van der Waals surface area contributed by atoms with Crippen molar-refractivity contribution in [2.75, 3.05) is 13.1 Å². The lowest BCUT2D eigenvalue weighted by Gasteiger charge is -2.19. The van der Waals surface area contributed by atoms with Crippen LogP contribution in [-0.2, 0) is 0 Å². The third-order valence-electron chi connectivity index (χ3n) is 4.45. The summed E-state index contributed by atoms with van der Waals surface area (Å²) in [5, 5.41) is 1.95. The maximum atomic E-state index is 12.6. The van der Waals surface area contributed by atoms with Crippen molar-refractivity contribution in [2.45, 2.75) is 19.4 Å². The zero-order valence-electron chi connectivity index (χ0n) is 13.4. The van der Waals surface area contributed by atoms with Crippen LogP contribution in [0, 0.1) is 6.92 Å². The summed E-state index contributed by atoms with van der Waals surface area (Å²) >= 11 is 1.50. The molecule has 6 heteroatoms. The molecule has 0 spiro atoms. The highest BCUT2D eigenvalue weighted by molar-refractivity contribution is 7.12. The van der Waals surface area contributed by atoms with E-state index in [1.165, 1.54) is 11.3 Å². The molecule has 0 radical (unpaired) electrons. The number of carbonyl (C=O) groups excluding carboxylic acids is 1. The summed E-state index contributed by atoms with van der Waals surface area (Å²) in [4.78, 5) is 24.1. The molecule has 0 aliphatic carbocycles. The Morgan fingerprint density at radius 1 is 1.29 bits per heavy atom. The summed E-state index contributed by atoms with van der Waals surface area (Å²) < 4.78 is 2.25. The fraction of sp³-hybridized carbons (Fsp3) is 0.278. The minimum Gasteiger partial charge on any atom is -0.336 e. The molecule has 1 amide bonds. The van der Waals surface area contributed by atoms with Crippen molar-refractivity contribution in [2.24, 2.45) is 0 Å². The van der Waals surface area contributed by atoms with E-state index >= 15 is 0 Å². The number of thiophene rings is 1. The SMILES string of the molecule is Cc1cnc(-c2cccnc2)n1C1CCN(C(=O)c2cccs2)C1. The number of rotatable bonds is 3. The largest absolute Gasteiger partial charge is 0.336 e. The topological polar surface area (TPSA) is 51.0 Å². The standard InChI is InChI=1S/C18H18N4OS/c1-13-10-20-17(14-4-2-7-19-11-14)22(13)15-6-8-21(12-15)18(23)16-5-3-9-24-16/h2-5,7,9-11,15H,6,8,12H2,1H3. The number of aromatic nitrogens is 3. The summed E-state index contributed by atoms with van der Waals surface area (Å²) in [5.74, 6) is 1.06. The van der Waals surface area contributed by atoms with Gasteiger partial charge in [-0.25, -0.2) is 4.98 Å². The Bertz CT molecular complexity index is 841. The van der Waals surface area contributed by atoms with Crippen LogP contribution in [0.2, 0.25) is 0 Å². The molecule has 1 fully saturated rings.